The highest BCUT2D eigenvalue weighted by Crippen LogP contribution is 2.40. The van der Waals surface area contributed by atoms with E-state index in [2.05, 4.69) is 20.5 Å². The summed E-state index contributed by atoms with van der Waals surface area (Å²) in [6, 6.07) is 5.72. The Kier molecular flexibility index (Phi) is 5.27. The summed E-state index contributed by atoms with van der Waals surface area (Å²) in [7, 11) is 0. The number of anilines is 2. The molecule has 7 nitrogen and oxygen atoms in total. The Labute approximate surface area is 153 Å². The van der Waals surface area contributed by atoms with Gasteiger partial charge in [0.1, 0.15) is 11.4 Å². The Morgan fingerprint density at radius 2 is 2.04 bits per heavy atom. The number of pyridine rings is 1. The number of aliphatic hydroxyl groups is 1. The van der Waals surface area contributed by atoms with E-state index in [1.807, 2.05) is 39.0 Å². The number of carbonyl (C=O) groups is 1. The van der Waals surface area contributed by atoms with E-state index in [1.165, 1.54) is 0 Å². The minimum atomic E-state index is -1.02. The monoisotopic (exact) mass is 358 g/mol. The van der Waals surface area contributed by atoms with Crippen LogP contribution in [-0.2, 0) is 15.1 Å². The largest absolute Gasteiger partial charge is 0.466 e. The SMILES string of the molecule is CCOC(=O)C1CCC(O)(c2cc(C)cc(Nc3cc(C)[nH]n3)n2)CC1. The molecule has 1 fully saturated rings. The van der Waals surface area contributed by atoms with Crippen molar-refractivity contribution in [1.82, 2.24) is 15.2 Å². The molecular weight excluding hydrogens is 332 g/mol. The van der Waals surface area contributed by atoms with Crippen molar-refractivity contribution in [3.8, 4) is 0 Å². The lowest BCUT2D eigenvalue weighted by Crippen LogP contribution is -2.35. The third-order valence-corrected chi connectivity index (χ3v) is 4.84. The van der Waals surface area contributed by atoms with Crippen LogP contribution < -0.4 is 5.32 Å². The Bertz CT molecular complexity index is 779. The van der Waals surface area contributed by atoms with E-state index in [-0.39, 0.29) is 11.9 Å². The molecule has 0 saturated heterocycles. The lowest BCUT2D eigenvalue weighted by Gasteiger charge is -2.35. The summed E-state index contributed by atoms with van der Waals surface area (Å²) in [5.74, 6) is 1.03. The number of H-pyrrole nitrogens is 1. The molecule has 0 aromatic carbocycles. The molecular formula is C19H26N4O3. The van der Waals surface area contributed by atoms with E-state index in [1.54, 1.807) is 0 Å². The van der Waals surface area contributed by atoms with Gasteiger partial charge in [-0.3, -0.25) is 9.89 Å². The van der Waals surface area contributed by atoms with Gasteiger partial charge >= 0.3 is 5.97 Å². The van der Waals surface area contributed by atoms with Crippen LogP contribution in [0.5, 0.6) is 0 Å². The number of aryl methyl sites for hydroxylation is 2. The van der Waals surface area contributed by atoms with E-state index in [9.17, 15) is 9.90 Å². The van der Waals surface area contributed by atoms with Gasteiger partial charge in [-0.05, 0) is 64.2 Å². The maximum Gasteiger partial charge on any atom is 0.308 e. The number of hydrogen-bond donors (Lipinski definition) is 3. The number of ether oxygens (including phenoxy) is 1. The molecule has 0 bridgehead atoms. The van der Waals surface area contributed by atoms with Crippen molar-refractivity contribution in [2.24, 2.45) is 5.92 Å². The highest BCUT2D eigenvalue weighted by atomic mass is 16.5. The first-order chi connectivity index (χ1) is 12.4. The van der Waals surface area contributed by atoms with Gasteiger partial charge in [0.05, 0.1) is 18.2 Å². The van der Waals surface area contributed by atoms with Crippen LogP contribution in [0.15, 0.2) is 18.2 Å². The van der Waals surface area contributed by atoms with Gasteiger partial charge in [0.25, 0.3) is 0 Å². The average Bonchev–Trinajstić information content (AvgIpc) is 3.00. The average molecular weight is 358 g/mol. The fourth-order valence-electron chi connectivity index (χ4n) is 3.43. The number of aromatic nitrogens is 3. The number of rotatable bonds is 5. The second-order valence-corrected chi connectivity index (χ2v) is 7.03. The molecule has 3 rings (SSSR count). The quantitative estimate of drug-likeness (QED) is 0.710. The van der Waals surface area contributed by atoms with Gasteiger partial charge in [-0.25, -0.2) is 4.98 Å². The topological polar surface area (TPSA) is 100 Å². The van der Waals surface area contributed by atoms with Crippen LogP contribution >= 0.6 is 0 Å². The van der Waals surface area contributed by atoms with E-state index in [0.717, 1.165) is 11.3 Å². The fraction of sp³-hybridized carbons (Fsp3) is 0.526. The van der Waals surface area contributed by atoms with Gasteiger partial charge in [-0.1, -0.05) is 0 Å². The molecule has 7 heteroatoms. The van der Waals surface area contributed by atoms with Crippen molar-refractivity contribution in [1.29, 1.82) is 0 Å². The molecule has 0 spiro atoms. The van der Waals surface area contributed by atoms with Crippen LogP contribution in [0.4, 0.5) is 11.6 Å². The smallest absolute Gasteiger partial charge is 0.308 e. The van der Waals surface area contributed by atoms with Crippen molar-refractivity contribution in [3.05, 3.63) is 35.2 Å². The molecule has 1 aliphatic carbocycles. The highest BCUT2D eigenvalue weighted by molar-refractivity contribution is 5.72. The maximum absolute atomic E-state index is 11.9. The minimum Gasteiger partial charge on any atom is -0.466 e. The van der Waals surface area contributed by atoms with Gasteiger partial charge in [0.2, 0.25) is 0 Å². The molecule has 0 atom stereocenters. The molecule has 3 N–H and O–H groups in total. The molecule has 140 valence electrons. The summed E-state index contributed by atoms with van der Waals surface area (Å²) in [4.78, 5) is 16.5. The Morgan fingerprint density at radius 3 is 2.65 bits per heavy atom. The fourth-order valence-corrected chi connectivity index (χ4v) is 3.43. The van der Waals surface area contributed by atoms with Gasteiger partial charge in [-0.15, -0.1) is 0 Å². The number of aromatic amines is 1. The highest BCUT2D eigenvalue weighted by Gasteiger charge is 2.39. The summed E-state index contributed by atoms with van der Waals surface area (Å²) >= 11 is 0. The Balaban J connectivity index is 1.75. The maximum atomic E-state index is 11.9. The summed E-state index contributed by atoms with van der Waals surface area (Å²) < 4.78 is 5.11. The van der Waals surface area contributed by atoms with Crippen molar-refractivity contribution in [3.63, 3.8) is 0 Å². The van der Waals surface area contributed by atoms with Crippen molar-refractivity contribution < 1.29 is 14.6 Å². The van der Waals surface area contributed by atoms with Crippen LogP contribution in [0.2, 0.25) is 0 Å². The molecule has 1 saturated carbocycles. The first-order valence-electron chi connectivity index (χ1n) is 9.07. The molecule has 2 heterocycles. The lowest BCUT2D eigenvalue weighted by atomic mass is 9.76. The Morgan fingerprint density at radius 1 is 1.31 bits per heavy atom. The van der Waals surface area contributed by atoms with Crippen molar-refractivity contribution >= 4 is 17.6 Å². The summed E-state index contributed by atoms with van der Waals surface area (Å²) in [5.41, 5.74) is 1.57. The molecule has 26 heavy (non-hydrogen) atoms. The van der Waals surface area contributed by atoms with Crippen LogP contribution in [0.1, 0.15) is 49.6 Å². The standard InChI is InChI=1S/C19H26N4O3/c1-4-26-18(24)14-5-7-19(25,8-6-14)15-9-12(2)10-16(20-15)21-17-11-13(3)22-23-17/h9-11,14,25H,4-8H2,1-3H3,(H2,20,21,22,23). The summed E-state index contributed by atoms with van der Waals surface area (Å²) in [6.45, 7) is 6.10. The van der Waals surface area contributed by atoms with E-state index in [4.69, 9.17) is 4.74 Å². The van der Waals surface area contributed by atoms with Crippen molar-refractivity contribution in [2.45, 2.75) is 52.1 Å². The number of nitrogens with one attached hydrogen (secondary N) is 2. The number of nitrogens with zero attached hydrogens (tertiary/aromatic N) is 2. The van der Waals surface area contributed by atoms with E-state index in [0.29, 0.717) is 49.6 Å². The molecule has 0 aliphatic heterocycles. The zero-order chi connectivity index (χ0) is 18.7. The van der Waals surface area contributed by atoms with E-state index >= 15 is 0 Å². The number of esters is 1. The van der Waals surface area contributed by atoms with Gasteiger partial charge in [-0.2, -0.15) is 5.10 Å². The molecule has 0 unspecified atom stereocenters. The predicted octanol–water partition coefficient (Wildman–Crippen LogP) is 3.11. The first kappa shape index (κ1) is 18.4. The second-order valence-electron chi connectivity index (χ2n) is 7.03. The van der Waals surface area contributed by atoms with Gasteiger partial charge < -0.3 is 15.2 Å². The molecule has 2 aromatic rings. The molecule has 0 radical (unpaired) electrons. The van der Waals surface area contributed by atoms with Crippen LogP contribution in [-0.4, -0.2) is 32.9 Å². The molecule has 2 aromatic heterocycles. The van der Waals surface area contributed by atoms with Crippen LogP contribution in [0.25, 0.3) is 0 Å². The van der Waals surface area contributed by atoms with Gasteiger partial charge in [0.15, 0.2) is 5.82 Å². The normalized spacial score (nSPS) is 22.8. The van der Waals surface area contributed by atoms with Gasteiger partial charge in [0, 0.05) is 11.8 Å². The predicted molar refractivity (Wildman–Crippen MR) is 98.1 cm³/mol. The number of hydrogen-bond acceptors (Lipinski definition) is 6. The third kappa shape index (κ3) is 4.04. The number of carbonyl (C=O) groups excluding carboxylic acids is 1. The summed E-state index contributed by atoms with van der Waals surface area (Å²) in [6.07, 6.45) is 2.19. The summed E-state index contributed by atoms with van der Waals surface area (Å²) in [5, 5.41) is 21.3. The Hall–Kier alpha value is -2.41. The zero-order valence-electron chi connectivity index (χ0n) is 15.5. The zero-order valence-corrected chi connectivity index (χ0v) is 15.5. The second kappa shape index (κ2) is 7.45. The first-order valence-corrected chi connectivity index (χ1v) is 9.07. The molecule has 0 amide bonds. The molecule has 1 aliphatic rings. The van der Waals surface area contributed by atoms with Crippen LogP contribution in [0, 0.1) is 19.8 Å². The minimum absolute atomic E-state index is 0.135. The van der Waals surface area contributed by atoms with Crippen molar-refractivity contribution in [2.75, 3.05) is 11.9 Å². The van der Waals surface area contributed by atoms with E-state index < -0.39 is 5.60 Å². The third-order valence-electron chi connectivity index (χ3n) is 4.84. The lowest BCUT2D eigenvalue weighted by molar-refractivity contribution is -0.151. The van der Waals surface area contributed by atoms with Crippen LogP contribution in [0.3, 0.4) is 0 Å².